The van der Waals surface area contributed by atoms with Crippen molar-refractivity contribution < 1.29 is 0 Å². The fraction of sp³-hybridized carbons (Fsp3) is 0.211. The molecule has 2 aromatic carbocycles. The van der Waals surface area contributed by atoms with E-state index in [4.69, 9.17) is 16.7 Å². The molecule has 0 aliphatic heterocycles. The molecule has 0 aliphatic rings. The molecule has 0 N–H and O–H groups in total. The molecule has 0 bridgehead atoms. The van der Waals surface area contributed by atoms with Crippen molar-refractivity contribution in [2.45, 2.75) is 26.3 Å². The molecular formula is C19H19ClN2. The van der Waals surface area contributed by atoms with Gasteiger partial charge in [-0.3, -0.25) is 4.68 Å². The SMILES string of the molecule is CC(C)(C)n1nc(-c2ccccc2)cc1-c1ccc(Cl)cc1. The van der Waals surface area contributed by atoms with Gasteiger partial charge in [-0.1, -0.05) is 54.1 Å². The van der Waals surface area contributed by atoms with E-state index in [0.29, 0.717) is 0 Å². The van der Waals surface area contributed by atoms with Gasteiger partial charge >= 0.3 is 0 Å². The van der Waals surface area contributed by atoms with E-state index in [2.05, 4.69) is 43.7 Å². The van der Waals surface area contributed by atoms with Gasteiger partial charge in [0.15, 0.2) is 0 Å². The van der Waals surface area contributed by atoms with Crippen LogP contribution in [0.25, 0.3) is 22.5 Å². The molecule has 112 valence electrons. The Kier molecular flexibility index (Phi) is 3.79. The lowest BCUT2D eigenvalue weighted by Gasteiger charge is -2.22. The second-order valence-electron chi connectivity index (χ2n) is 6.37. The molecule has 0 spiro atoms. The van der Waals surface area contributed by atoms with Crippen LogP contribution in [0.15, 0.2) is 60.7 Å². The van der Waals surface area contributed by atoms with Crippen molar-refractivity contribution in [1.82, 2.24) is 9.78 Å². The fourth-order valence-electron chi connectivity index (χ4n) is 2.47. The van der Waals surface area contributed by atoms with Gasteiger partial charge < -0.3 is 0 Å². The minimum atomic E-state index is -0.0952. The van der Waals surface area contributed by atoms with Crippen LogP contribution < -0.4 is 0 Å². The fourth-order valence-corrected chi connectivity index (χ4v) is 2.59. The van der Waals surface area contributed by atoms with E-state index in [9.17, 15) is 0 Å². The lowest BCUT2D eigenvalue weighted by atomic mass is 10.1. The molecule has 1 aromatic heterocycles. The van der Waals surface area contributed by atoms with Gasteiger partial charge in [-0.05, 0) is 44.5 Å². The van der Waals surface area contributed by atoms with E-state index in [1.54, 1.807) is 0 Å². The van der Waals surface area contributed by atoms with Crippen LogP contribution in [0.4, 0.5) is 0 Å². The second-order valence-corrected chi connectivity index (χ2v) is 6.81. The highest BCUT2D eigenvalue weighted by Gasteiger charge is 2.21. The van der Waals surface area contributed by atoms with Crippen LogP contribution in [-0.4, -0.2) is 9.78 Å². The Balaban J connectivity index is 2.16. The summed E-state index contributed by atoms with van der Waals surface area (Å²) in [6, 6.07) is 20.3. The van der Waals surface area contributed by atoms with Crippen LogP contribution in [0.3, 0.4) is 0 Å². The summed E-state index contributed by atoms with van der Waals surface area (Å²) in [4.78, 5) is 0. The summed E-state index contributed by atoms with van der Waals surface area (Å²) >= 11 is 6.01. The number of benzene rings is 2. The summed E-state index contributed by atoms with van der Waals surface area (Å²) in [7, 11) is 0. The van der Waals surface area contributed by atoms with Crippen molar-refractivity contribution in [2.24, 2.45) is 0 Å². The highest BCUT2D eigenvalue weighted by molar-refractivity contribution is 6.30. The Bertz CT molecular complexity index is 765. The third-order valence-electron chi connectivity index (χ3n) is 3.55. The van der Waals surface area contributed by atoms with Gasteiger partial charge in [0, 0.05) is 10.6 Å². The Morgan fingerprint density at radius 3 is 2.09 bits per heavy atom. The zero-order valence-corrected chi connectivity index (χ0v) is 13.8. The molecule has 22 heavy (non-hydrogen) atoms. The molecular weight excluding hydrogens is 292 g/mol. The van der Waals surface area contributed by atoms with Crippen molar-refractivity contribution in [3.05, 3.63) is 65.7 Å². The highest BCUT2D eigenvalue weighted by Crippen LogP contribution is 2.31. The molecule has 0 saturated carbocycles. The summed E-state index contributed by atoms with van der Waals surface area (Å²) in [5.41, 5.74) is 4.24. The van der Waals surface area contributed by atoms with Crippen LogP contribution in [0, 0.1) is 0 Å². The van der Waals surface area contributed by atoms with Gasteiger partial charge in [-0.15, -0.1) is 0 Å². The Labute approximate surface area is 136 Å². The normalized spacial score (nSPS) is 11.6. The van der Waals surface area contributed by atoms with Crippen molar-refractivity contribution in [2.75, 3.05) is 0 Å². The van der Waals surface area contributed by atoms with E-state index in [1.165, 1.54) is 0 Å². The number of nitrogens with zero attached hydrogens (tertiary/aromatic N) is 2. The first-order chi connectivity index (χ1) is 10.4. The van der Waals surface area contributed by atoms with Crippen LogP contribution in [0.1, 0.15) is 20.8 Å². The average molecular weight is 311 g/mol. The minimum absolute atomic E-state index is 0.0952. The summed E-state index contributed by atoms with van der Waals surface area (Å²) in [6.45, 7) is 6.48. The van der Waals surface area contributed by atoms with E-state index in [0.717, 1.165) is 27.5 Å². The number of hydrogen-bond acceptors (Lipinski definition) is 1. The number of hydrogen-bond donors (Lipinski definition) is 0. The number of rotatable bonds is 2. The first kappa shape index (κ1) is 14.9. The first-order valence-corrected chi connectivity index (χ1v) is 7.75. The summed E-state index contributed by atoms with van der Waals surface area (Å²) in [5.74, 6) is 0. The maximum Gasteiger partial charge on any atom is 0.0929 e. The average Bonchev–Trinajstić information content (AvgIpc) is 2.94. The summed E-state index contributed by atoms with van der Waals surface area (Å²) in [5, 5.41) is 5.58. The van der Waals surface area contributed by atoms with Gasteiger partial charge in [-0.25, -0.2) is 0 Å². The molecule has 0 fully saturated rings. The highest BCUT2D eigenvalue weighted by atomic mass is 35.5. The quantitative estimate of drug-likeness (QED) is 0.600. The largest absolute Gasteiger partial charge is 0.259 e. The molecule has 3 aromatic rings. The van der Waals surface area contributed by atoms with Crippen molar-refractivity contribution >= 4 is 11.6 Å². The van der Waals surface area contributed by atoms with E-state index in [-0.39, 0.29) is 5.54 Å². The molecule has 0 saturated heterocycles. The number of halogens is 1. The zero-order chi connectivity index (χ0) is 15.7. The maximum absolute atomic E-state index is 6.01. The molecule has 0 radical (unpaired) electrons. The maximum atomic E-state index is 6.01. The molecule has 0 unspecified atom stereocenters. The van der Waals surface area contributed by atoms with Crippen molar-refractivity contribution in [1.29, 1.82) is 0 Å². The summed E-state index contributed by atoms with van der Waals surface area (Å²) in [6.07, 6.45) is 0. The standard InChI is InChI=1S/C19H19ClN2/c1-19(2,3)22-18(15-9-11-16(20)12-10-15)13-17(21-22)14-7-5-4-6-8-14/h4-13H,1-3H3. The van der Waals surface area contributed by atoms with Gasteiger partial charge in [0.05, 0.1) is 16.9 Å². The molecule has 0 amide bonds. The monoisotopic (exact) mass is 310 g/mol. The molecule has 0 atom stereocenters. The van der Waals surface area contributed by atoms with Crippen LogP contribution in [0.5, 0.6) is 0 Å². The van der Waals surface area contributed by atoms with Crippen LogP contribution >= 0.6 is 11.6 Å². The predicted octanol–water partition coefficient (Wildman–Crippen LogP) is 5.63. The molecule has 1 heterocycles. The zero-order valence-electron chi connectivity index (χ0n) is 13.0. The molecule has 2 nitrogen and oxygen atoms in total. The summed E-state index contributed by atoms with van der Waals surface area (Å²) < 4.78 is 2.08. The van der Waals surface area contributed by atoms with Gasteiger partial charge in [0.2, 0.25) is 0 Å². The predicted molar refractivity (Wildman–Crippen MR) is 93.1 cm³/mol. The topological polar surface area (TPSA) is 17.8 Å². The van der Waals surface area contributed by atoms with Gasteiger partial charge in [-0.2, -0.15) is 5.10 Å². The number of aromatic nitrogens is 2. The molecule has 3 heteroatoms. The van der Waals surface area contributed by atoms with Gasteiger partial charge in [0.1, 0.15) is 0 Å². The minimum Gasteiger partial charge on any atom is -0.259 e. The third kappa shape index (κ3) is 2.93. The lowest BCUT2D eigenvalue weighted by molar-refractivity contribution is 0.361. The van der Waals surface area contributed by atoms with E-state index in [1.807, 2.05) is 42.5 Å². The third-order valence-corrected chi connectivity index (χ3v) is 3.81. The molecule has 0 aliphatic carbocycles. The van der Waals surface area contributed by atoms with E-state index >= 15 is 0 Å². The smallest absolute Gasteiger partial charge is 0.0929 e. The molecule has 3 rings (SSSR count). The van der Waals surface area contributed by atoms with Gasteiger partial charge in [0.25, 0.3) is 0 Å². The van der Waals surface area contributed by atoms with Crippen molar-refractivity contribution in [3.8, 4) is 22.5 Å². The van der Waals surface area contributed by atoms with Crippen LogP contribution in [0.2, 0.25) is 5.02 Å². The Hall–Kier alpha value is -2.06. The first-order valence-electron chi connectivity index (χ1n) is 7.37. The Morgan fingerprint density at radius 1 is 0.864 bits per heavy atom. The van der Waals surface area contributed by atoms with Crippen LogP contribution in [-0.2, 0) is 5.54 Å². The lowest BCUT2D eigenvalue weighted by Crippen LogP contribution is -2.24. The second kappa shape index (κ2) is 5.62. The van der Waals surface area contributed by atoms with E-state index < -0.39 is 0 Å². The Morgan fingerprint density at radius 2 is 1.50 bits per heavy atom. The van der Waals surface area contributed by atoms with Crippen molar-refractivity contribution in [3.63, 3.8) is 0 Å².